The Labute approximate surface area is 127 Å². The van der Waals surface area contributed by atoms with Crippen molar-refractivity contribution in [3.05, 3.63) is 54.1 Å². The Bertz CT molecular complexity index is 569. The number of pyridine rings is 1. The van der Waals surface area contributed by atoms with Crippen molar-refractivity contribution in [1.29, 1.82) is 0 Å². The van der Waals surface area contributed by atoms with Crippen molar-refractivity contribution in [3.8, 4) is 5.75 Å². The van der Waals surface area contributed by atoms with Crippen molar-refractivity contribution >= 4 is 17.3 Å². The lowest BCUT2D eigenvalue weighted by Crippen LogP contribution is -2.20. The van der Waals surface area contributed by atoms with Gasteiger partial charge < -0.3 is 15.2 Å². The van der Waals surface area contributed by atoms with Gasteiger partial charge in [0.2, 0.25) is 0 Å². The van der Waals surface area contributed by atoms with Crippen molar-refractivity contribution in [2.45, 2.75) is 12.7 Å². The number of benzene rings is 1. The summed E-state index contributed by atoms with van der Waals surface area (Å²) in [5.74, 6) is -0.193. The molecule has 6 heteroatoms. The molecule has 1 atom stereocenters. The highest BCUT2D eigenvalue weighted by Gasteiger charge is 2.07. The lowest BCUT2D eigenvalue weighted by molar-refractivity contribution is 0.211. The maximum atomic E-state index is 13.9. The van der Waals surface area contributed by atoms with E-state index in [9.17, 15) is 9.50 Å². The highest BCUT2D eigenvalue weighted by molar-refractivity contribution is 6.18. The molecule has 0 saturated carbocycles. The van der Waals surface area contributed by atoms with E-state index in [1.54, 1.807) is 24.4 Å². The van der Waals surface area contributed by atoms with Crippen LogP contribution in [-0.4, -0.2) is 28.6 Å². The number of aliphatic hydroxyl groups excluding tert-OH is 1. The molecule has 1 unspecified atom stereocenters. The van der Waals surface area contributed by atoms with Gasteiger partial charge in [-0.25, -0.2) is 4.39 Å². The number of rotatable bonds is 7. The van der Waals surface area contributed by atoms with Gasteiger partial charge in [0.05, 0.1) is 17.7 Å². The van der Waals surface area contributed by atoms with Crippen LogP contribution in [0.25, 0.3) is 0 Å². The topological polar surface area (TPSA) is 54.4 Å². The number of anilines is 1. The molecule has 0 fully saturated rings. The van der Waals surface area contributed by atoms with E-state index >= 15 is 0 Å². The third kappa shape index (κ3) is 4.88. The molecule has 21 heavy (non-hydrogen) atoms. The molecule has 1 aromatic heterocycles. The van der Waals surface area contributed by atoms with E-state index in [1.165, 1.54) is 12.1 Å². The monoisotopic (exact) mass is 310 g/mol. The van der Waals surface area contributed by atoms with E-state index in [-0.39, 0.29) is 24.8 Å². The number of alkyl halides is 1. The van der Waals surface area contributed by atoms with E-state index in [0.29, 0.717) is 5.69 Å². The van der Waals surface area contributed by atoms with Gasteiger partial charge in [0, 0.05) is 24.5 Å². The van der Waals surface area contributed by atoms with Crippen LogP contribution in [0.4, 0.5) is 10.1 Å². The average Bonchev–Trinajstić information content (AvgIpc) is 2.52. The van der Waals surface area contributed by atoms with Gasteiger partial charge >= 0.3 is 0 Å². The third-order valence-corrected chi connectivity index (χ3v) is 3.11. The summed E-state index contributed by atoms with van der Waals surface area (Å²) in [6.07, 6.45) is 0.986. The number of aliphatic hydroxyl groups is 1. The standard InChI is InChI=1S/C15H16ClFN2O2/c16-8-13(20)9-19-11-4-5-15(14(17)7-11)21-10-12-3-1-2-6-18-12/h1-7,13,19-20H,8-10H2. The Kier molecular flexibility index (Phi) is 5.78. The van der Waals surface area contributed by atoms with Crippen molar-refractivity contribution in [2.75, 3.05) is 17.7 Å². The van der Waals surface area contributed by atoms with Crippen molar-refractivity contribution < 1.29 is 14.2 Å². The SMILES string of the molecule is OC(CCl)CNc1ccc(OCc2ccccn2)c(F)c1. The molecule has 2 rings (SSSR count). The first-order valence-corrected chi connectivity index (χ1v) is 7.02. The summed E-state index contributed by atoms with van der Waals surface area (Å²) in [6, 6.07) is 9.98. The minimum atomic E-state index is -0.671. The van der Waals surface area contributed by atoms with Gasteiger partial charge in [0.1, 0.15) is 6.61 Å². The molecule has 1 aromatic carbocycles. The molecule has 0 bridgehead atoms. The summed E-state index contributed by atoms with van der Waals surface area (Å²) >= 11 is 5.48. The first-order valence-electron chi connectivity index (χ1n) is 6.49. The van der Waals surface area contributed by atoms with E-state index in [4.69, 9.17) is 16.3 Å². The van der Waals surface area contributed by atoms with E-state index in [1.807, 2.05) is 6.07 Å². The van der Waals surface area contributed by atoms with Gasteiger partial charge in [-0.15, -0.1) is 11.6 Å². The number of nitrogens with one attached hydrogen (secondary N) is 1. The maximum absolute atomic E-state index is 13.9. The smallest absolute Gasteiger partial charge is 0.167 e. The molecule has 0 aliphatic heterocycles. The number of halogens is 2. The predicted molar refractivity (Wildman–Crippen MR) is 80.2 cm³/mol. The van der Waals surface area contributed by atoms with Crippen molar-refractivity contribution in [3.63, 3.8) is 0 Å². The van der Waals surface area contributed by atoms with Gasteiger partial charge in [0.15, 0.2) is 11.6 Å². The van der Waals surface area contributed by atoms with Crippen molar-refractivity contribution in [1.82, 2.24) is 4.98 Å². The maximum Gasteiger partial charge on any atom is 0.167 e. The Hall–Kier alpha value is -1.85. The number of aromatic nitrogens is 1. The minimum absolute atomic E-state index is 0.126. The second-order valence-electron chi connectivity index (χ2n) is 4.44. The van der Waals surface area contributed by atoms with Crippen LogP contribution in [0.1, 0.15) is 5.69 Å². The molecule has 4 nitrogen and oxygen atoms in total. The van der Waals surface area contributed by atoms with Gasteiger partial charge in [0.25, 0.3) is 0 Å². The normalized spacial score (nSPS) is 12.0. The Balaban J connectivity index is 1.93. The van der Waals surface area contributed by atoms with Gasteiger partial charge in [-0.05, 0) is 24.3 Å². The van der Waals surface area contributed by atoms with E-state index < -0.39 is 11.9 Å². The zero-order chi connectivity index (χ0) is 15.1. The lowest BCUT2D eigenvalue weighted by Gasteiger charge is -2.12. The second kappa shape index (κ2) is 7.81. The first-order chi connectivity index (χ1) is 10.2. The quantitative estimate of drug-likeness (QED) is 0.772. The zero-order valence-corrected chi connectivity index (χ0v) is 12.1. The molecule has 112 valence electrons. The fourth-order valence-electron chi connectivity index (χ4n) is 1.65. The number of hydrogen-bond donors (Lipinski definition) is 2. The predicted octanol–water partition coefficient (Wildman–Crippen LogP) is 2.81. The molecule has 2 N–H and O–H groups in total. The van der Waals surface area contributed by atoms with Crippen LogP contribution in [0.2, 0.25) is 0 Å². The van der Waals surface area contributed by atoms with E-state index in [2.05, 4.69) is 10.3 Å². The lowest BCUT2D eigenvalue weighted by atomic mass is 10.2. The van der Waals surface area contributed by atoms with Crippen LogP contribution in [-0.2, 0) is 6.61 Å². The molecule has 0 saturated heterocycles. The first kappa shape index (κ1) is 15.5. The molecular weight excluding hydrogens is 295 g/mol. The summed E-state index contributed by atoms with van der Waals surface area (Å²) in [6.45, 7) is 0.465. The van der Waals surface area contributed by atoms with Crippen LogP contribution < -0.4 is 10.1 Å². The molecular formula is C15H16ClFN2O2. The summed E-state index contributed by atoms with van der Waals surface area (Å²) in [5.41, 5.74) is 1.28. The third-order valence-electron chi connectivity index (χ3n) is 2.75. The molecule has 0 aliphatic carbocycles. The number of hydrogen-bond acceptors (Lipinski definition) is 4. The summed E-state index contributed by atoms with van der Waals surface area (Å²) in [4.78, 5) is 4.10. The largest absolute Gasteiger partial charge is 0.484 e. The molecule has 1 heterocycles. The highest BCUT2D eigenvalue weighted by atomic mass is 35.5. The van der Waals surface area contributed by atoms with E-state index in [0.717, 1.165) is 5.69 Å². The number of ether oxygens (including phenoxy) is 1. The zero-order valence-electron chi connectivity index (χ0n) is 11.3. The van der Waals surface area contributed by atoms with Crippen LogP contribution in [0.3, 0.4) is 0 Å². The van der Waals surface area contributed by atoms with Crippen LogP contribution in [0.5, 0.6) is 5.75 Å². The molecule has 0 spiro atoms. The van der Waals surface area contributed by atoms with Gasteiger partial charge in [-0.2, -0.15) is 0 Å². The summed E-state index contributed by atoms with van der Waals surface area (Å²) in [5, 5.41) is 12.2. The Morgan fingerprint density at radius 3 is 2.86 bits per heavy atom. The van der Waals surface area contributed by atoms with Crippen LogP contribution in [0.15, 0.2) is 42.6 Å². The van der Waals surface area contributed by atoms with Crippen molar-refractivity contribution in [2.24, 2.45) is 0 Å². The molecule has 0 aliphatic rings. The van der Waals surface area contributed by atoms with Gasteiger partial charge in [-0.1, -0.05) is 6.07 Å². The number of nitrogens with zero attached hydrogens (tertiary/aromatic N) is 1. The molecule has 0 amide bonds. The average molecular weight is 311 g/mol. The fourth-order valence-corrected chi connectivity index (χ4v) is 1.76. The minimum Gasteiger partial charge on any atom is -0.484 e. The van der Waals surface area contributed by atoms with Crippen LogP contribution >= 0.6 is 11.6 Å². The Morgan fingerprint density at radius 1 is 1.33 bits per heavy atom. The Morgan fingerprint density at radius 2 is 2.19 bits per heavy atom. The van der Waals surface area contributed by atoms with Gasteiger partial charge in [-0.3, -0.25) is 4.98 Å². The fraction of sp³-hybridized carbons (Fsp3) is 0.267. The molecule has 0 radical (unpaired) electrons. The summed E-state index contributed by atoms with van der Waals surface area (Å²) < 4.78 is 19.3. The molecule has 2 aromatic rings. The van der Waals surface area contributed by atoms with Crippen LogP contribution in [0, 0.1) is 5.82 Å². The highest BCUT2D eigenvalue weighted by Crippen LogP contribution is 2.22. The summed E-state index contributed by atoms with van der Waals surface area (Å²) in [7, 11) is 0. The second-order valence-corrected chi connectivity index (χ2v) is 4.75.